The number of nitrogens with zero attached hydrogens (tertiary/aromatic N) is 6. The first-order valence-electron chi connectivity index (χ1n) is 7.56. The molecular formula is C14H17N7S. The topological polar surface area (TPSA) is 83.5 Å². The van der Waals surface area contributed by atoms with E-state index in [9.17, 15) is 0 Å². The summed E-state index contributed by atoms with van der Waals surface area (Å²) in [7, 11) is 0. The number of H-pyrrole nitrogens is 1. The minimum absolute atomic E-state index is 0.524. The van der Waals surface area contributed by atoms with E-state index in [1.165, 1.54) is 5.01 Å². The molecule has 1 saturated heterocycles. The van der Waals surface area contributed by atoms with Gasteiger partial charge < -0.3 is 4.90 Å². The molecule has 0 amide bonds. The van der Waals surface area contributed by atoms with Crippen molar-refractivity contribution in [1.82, 2.24) is 30.4 Å². The van der Waals surface area contributed by atoms with Gasteiger partial charge in [0.15, 0.2) is 5.65 Å². The summed E-state index contributed by atoms with van der Waals surface area (Å²) < 4.78 is 0. The predicted molar refractivity (Wildman–Crippen MR) is 85.2 cm³/mol. The average Bonchev–Trinajstić information content (AvgIpc) is 3.23. The van der Waals surface area contributed by atoms with Crippen molar-refractivity contribution in [2.24, 2.45) is 0 Å². The molecule has 7 nitrogen and oxygen atoms in total. The van der Waals surface area contributed by atoms with Gasteiger partial charge in [0.1, 0.15) is 22.2 Å². The van der Waals surface area contributed by atoms with Crippen molar-refractivity contribution in [3.8, 4) is 0 Å². The average molecular weight is 315 g/mol. The van der Waals surface area contributed by atoms with E-state index in [1.807, 2.05) is 0 Å². The summed E-state index contributed by atoms with van der Waals surface area (Å²) in [6.07, 6.45) is 6.54. The number of hydrogen-bond donors (Lipinski definition) is 1. The van der Waals surface area contributed by atoms with Gasteiger partial charge in [-0.15, -0.1) is 21.5 Å². The second kappa shape index (κ2) is 5.60. The Balaban J connectivity index is 1.51. The number of aromatic nitrogens is 6. The molecule has 1 aliphatic heterocycles. The zero-order valence-corrected chi connectivity index (χ0v) is 13.2. The van der Waals surface area contributed by atoms with E-state index in [0.29, 0.717) is 5.92 Å². The first-order chi connectivity index (χ1) is 10.8. The van der Waals surface area contributed by atoms with Gasteiger partial charge in [0.05, 0.1) is 11.6 Å². The van der Waals surface area contributed by atoms with Crippen LogP contribution in [-0.2, 0) is 6.42 Å². The number of rotatable bonds is 3. The third-order valence-corrected chi connectivity index (χ3v) is 5.39. The quantitative estimate of drug-likeness (QED) is 0.797. The molecule has 0 spiro atoms. The van der Waals surface area contributed by atoms with Crippen LogP contribution in [0.3, 0.4) is 0 Å². The summed E-state index contributed by atoms with van der Waals surface area (Å²) in [5.41, 5.74) is 0.795. The Morgan fingerprint density at radius 3 is 2.91 bits per heavy atom. The highest BCUT2D eigenvalue weighted by atomic mass is 32.1. The zero-order chi connectivity index (χ0) is 14.9. The van der Waals surface area contributed by atoms with E-state index in [0.717, 1.165) is 54.2 Å². The van der Waals surface area contributed by atoms with Gasteiger partial charge in [0.25, 0.3) is 0 Å². The molecule has 4 rings (SSSR count). The monoisotopic (exact) mass is 315 g/mol. The SMILES string of the molecule is CCc1nnc(C2CCN(c3ncnc4[nH]ncc34)CC2)s1. The molecule has 0 unspecified atom stereocenters. The maximum Gasteiger partial charge on any atom is 0.160 e. The van der Waals surface area contributed by atoms with Gasteiger partial charge in [0, 0.05) is 19.0 Å². The number of hydrogen-bond acceptors (Lipinski definition) is 7. The Morgan fingerprint density at radius 2 is 2.14 bits per heavy atom. The molecule has 1 aliphatic rings. The van der Waals surface area contributed by atoms with Crippen LogP contribution in [-0.4, -0.2) is 43.5 Å². The summed E-state index contributed by atoms with van der Waals surface area (Å²) >= 11 is 1.76. The molecule has 3 aromatic heterocycles. The Bertz CT molecular complexity index is 772. The maximum absolute atomic E-state index is 4.45. The summed E-state index contributed by atoms with van der Waals surface area (Å²) in [5, 5.41) is 18.9. The third-order valence-electron chi connectivity index (χ3n) is 4.16. The molecule has 8 heteroatoms. The fourth-order valence-corrected chi connectivity index (χ4v) is 3.87. The largest absolute Gasteiger partial charge is 0.356 e. The van der Waals surface area contributed by atoms with Gasteiger partial charge in [-0.2, -0.15) is 5.10 Å². The maximum atomic E-state index is 4.45. The number of nitrogens with one attached hydrogen (secondary N) is 1. The molecular weight excluding hydrogens is 298 g/mol. The number of anilines is 1. The van der Waals surface area contributed by atoms with Gasteiger partial charge in [-0.25, -0.2) is 9.97 Å². The smallest absolute Gasteiger partial charge is 0.160 e. The Hall–Kier alpha value is -2.09. The first-order valence-corrected chi connectivity index (χ1v) is 8.38. The van der Waals surface area contributed by atoms with Crippen molar-refractivity contribution in [2.45, 2.75) is 32.1 Å². The lowest BCUT2D eigenvalue weighted by Crippen LogP contribution is -2.33. The molecule has 0 saturated carbocycles. The minimum atomic E-state index is 0.524. The standard InChI is InChI=1S/C14H17N7S/c1-2-11-18-20-14(22-11)9-3-5-21(6-4-9)13-10-7-17-19-12(10)15-8-16-13/h7-9H,2-6H2,1H3,(H,15,16,17,19). The fraction of sp³-hybridized carbons (Fsp3) is 0.500. The highest BCUT2D eigenvalue weighted by molar-refractivity contribution is 7.11. The molecule has 0 radical (unpaired) electrons. The van der Waals surface area contributed by atoms with Gasteiger partial charge in [0.2, 0.25) is 0 Å². The van der Waals surface area contributed by atoms with E-state index >= 15 is 0 Å². The molecule has 0 aliphatic carbocycles. The lowest BCUT2D eigenvalue weighted by molar-refractivity contribution is 0.499. The number of fused-ring (bicyclic) bond motifs is 1. The number of aryl methyl sites for hydroxylation is 1. The Kier molecular flexibility index (Phi) is 3.45. The molecule has 0 atom stereocenters. The molecule has 22 heavy (non-hydrogen) atoms. The highest BCUT2D eigenvalue weighted by Crippen LogP contribution is 2.33. The summed E-state index contributed by atoms with van der Waals surface area (Å²) in [6, 6.07) is 0. The normalized spacial score (nSPS) is 16.5. The Labute approximate surface area is 131 Å². The van der Waals surface area contributed by atoms with Crippen LogP contribution in [0.25, 0.3) is 11.0 Å². The lowest BCUT2D eigenvalue weighted by atomic mass is 9.97. The van der Waals surface area contributed by atoms with Crippen molar-refractivity contribution in [1.29, 1.82) is 0 Å². The zero-order valence-electron chi connectivity index (χ0n) is 12.4. The number of piperidine rings is 1. The van der Waals surface area contributed by atoms with Crippen molar-refractivity contribution >= 4 is 28.2 Å². The van der Waals surface area contributed by atoms with Crippen LogP contribution in [0.4, 0.5) is 5.82 Å². The molecule has 3 aromatic rings. The summed E-state index contributed by atoms with van der Waals surface area (Å²) in [6.45, 7) is 4.07. The number of aromatic amines is 1. The van der Waals surface area contributed by atoms with Crippen LogP contribution in [0.1, 0.15) is 35.7 Å². The minimum Gasteiger partial charge on any atom is -0.356 e. The van der Waals surface area contributed by atoms with E-state index in [1.54, 1.807) is 23.9 Å². The van der Waals surface area contributed by atoms with Crippen molar-refractivity contribution in [3.63, 3.8) is 0 Å². The predicted octanol–water partition coefficient (Wildman–Crippen LogP) is 2.15. The van der Waals surface area contributed by atoms with Crippen LogP contribution < -0.4 is 4.90 Å². The summed E-state index contributed by atoms with van der Waals surface area (Å²) in [5.74, 6) is 1.50. The van der Waals surface area contributed by atoms with Crippen molar-refractivity contribution in [2.75, 3.05) is 18.0 Å². The second-order valence-corrected chi connectivity index (χ2v) is 6.57. The molecule has 1 N–H and O–H groups in total. The van der Waals surface area contributed by atoms with Gasteiger partial charge in [-0.05, 0) is 19.3 Å². The fourth-order valence-electron chi connectivity index (χ4n) is 2.92. The van der Waals surface area contributed by atoms with Gasteiger partial charge >= 0.3 is 0 Å². The lowest BCUT2D eigenvalue weighted by Gasteiger charge is -2.31. The first kappa shape index (κ1) is 13.6. The van der Waals surface area contributed by atoms with E-state index in [-0.39, 0.29) is 0 Å². The second-order valence-electron chi connectivity index (χ2n) is 5.48. The van der Waals surface area contributed by atoms with Crippen LogP contribution in [0, 0.1) is 0 Å². The van der Waals surface area contributed by atoms with E-state index < -0.39 is 0 Å². The van der Waals surface area contributed by atoms with Crippen LogP contribution in [0.2, 0.25) is 0 Å². The van der Waals surface area contributed by atoms with Crippen molar-refractivity contribution < 1.29 is 0 Å². The molecule has 4 heterocycles. The van der Waals surface area contributed by atoms with Gasteiger partial charge in [-0.3, -0.25) is 5.10 Å². The van der Waals surface area contributed by atoms with E-state index in [2.05, 4.69) is 42.2 Å². The van der Waals surface area contributed by atoms with E-state index in [4.69, 9.17) is 0 Å². The molecule has 1 fully saturated rings. The van der Waals surface area contributed by atoms with Gasteiger partial charge in [-0.1, -0.05) is 6.92 Å². The summed E-state index contributed by atoms with van der Waals surface area (Å²) in [4.78, 5) is 11.0. The third kappa shape index (κ3) is 2.33. The van der Waals surface area contributed by atoms with Crippen LogP contribution in [0.5, 0.6) is 0 Å². The van der Waals surface area contributed by atoms with Crippen molar-refractivity contribution in [3.05, 3.63) is 22.5 Å². The molecule has 114 valence electrons. The molecule has 0 bridgehead atoms. The highest BCUT2D eigenvalue weighted by Gasteiger charge is 2.25. The van der Waals surface area contributed by atoms with Crippen LogP contribution in [0.15, 0.2) is 12.5 Å². The van der Waals surface area contributed by atoms with Crippen LogP contribution >= 0.6 is 11.3 Å². The molecule has 0 aromatic carbocycles. The Morgan fingerprint density at radius 1 is 1.27 bits per heavy atom.